The predicted octanol–water partition coefficient (Wildman–Crippen LogP) is 3.85. The van der Waals surface area contributed by atoms with Gasteiger partial charge in [0.15, 0.2) is 0 Å². The maximum absolute atomic E-state index is 13.1. The molecule has 2 unspecified atom stereocenters. The number of hydrogen-bond donors (Lipinski definition) is 0. The molecule has 1 fully saturated rings. The van der Waals surface area contributed by atoms with Crippen LogP contribution in [0.2, 0.25) is 0 Å². The summed E-state index contributed by atoms with van der Waals surface area (Å²) in [5.74, 6) is 0.724. The van der Waals surface area contributed by atoms with Gasteiger partial charge < -0.3 is 0 Å². The molecule has 1 heterocycles. The van der Waals surface area contributed by atoms with Gasteiger partial charge in [0, 0.05) is 18.5 Å². The number of piperidine rings is 1. The van der Waals surface area contributed by atoms with Gasteiger partial charge in [-0.05, 0) is 62.3 Å². The number of rotatable bonds is 3. The molecule has 0 spiro atoms. The average Bonchev–Trinajstić information content (AvgIpc) is 2.44. The molecule has 0 saturated carbocycles. The van der Waals surface area contributed by atoms with E-state index in [1.165, 1.54) is 0 Å². The molecular weight excluding hydrogens is 306 g/mol. The topological polar surface area (TPSA) is 37.4 Å². The number of hydrogen-bond acceptors (Lipinski definition) is 2. The normalized spacial score (nSPS) is 24.2. The lowest BCUT2D eigenvalue weighted by molar-refractivity contribution is 0.202. The summed E-state index contributed by atoms with van der Waals surface area (Å²) >= 11 is 5.90. The third-order valence-corrected chi connectivity index (χ3v) is 7.16. The summed E-state index contributed by atoms with van der Waals surface area (Å²) in [7, 11) is -3.46. The molecule has 0 bridgehead atoms. The van der Waals surface area contributed by atoms with Crippen LogP contribution in [0.1, 0.15) is 43.4 Å². The molecule has 21 heavy (non-hydrogen) atoms. The van der Waals surface area contributed by atoms with Crippen molar-refractivity contribution in [3.05, 3.63) is 28.8 Å². The zero-order valence-electron chi connectivity index (χ0n) is 13.2. The van der Waals surface area contributed by atoms with Gasteiger partial charge in [-0.2, -0.15) is 4.31 Å². The zero-order chi connectivity index (χ0) is 15.8. The molecule has 118 valence electrons. The molecule has 1 saturated heterocycles. The Bertz CT molecular complexity index is 627. The van der Waals surface area contributed by atoms with Crippen molar-refractivity contribution in [3.8, 4) is 0 Å². The summed E-state index contributed by atoms with van der Waals surface area (Å²) in [4.78, 5) is 0.416. The molecule has 0 radical (unpaired) electrons. The first-order valence-electron chi connectivity index (χ1n) is 7.47. The standard InChI is InChI=1S/C16H24ClNO2S/c1-11-6-5-7-18(14(11)4)21(19,20)16-9-15(10-17)8-12(2)13(16)3/h8-9,11,14H,5-7,10H2,1-4H3. The van der Waals surface area contributed by atoms with E-state index in [4.69, 9.17) is 11.6 Å². The third-order valence-electron chi connectivity index (χ3n) is 4.74. The van der Waals surface area contributed by atoms with Crippen molar-refractivity contribution in [2.75, 3.05) is 6.54 Å². The molecule has 1 aromatic carbocycles. The number of halogens is 1. The van der Waals surface area contributed by atoms with Crippen LogP contribution in [0.15, 0.2) is 17.0 Å². The van der Waals surface area contributed by atoms with Gasteiger partial charge in [0.2, 0.25) is 10.0 Å². The van der Waals surface area contributed by atoms with Crippen molar-refractivity contribution >= 4 is 21.6 Å². The Morgan fingerprint density at radius 3 is 2.57 bits per heavy atom. The van der Waals surface area contributed by atoms with E-state index in [1.807, 2.05) is 26.8 Å². The number of sulfonamides is 1. The summed E-state index contributed by atoms with van der Waals surface area (Å²) in [5.41, 5.74) is 2.66. The number of nitrogens with zero attached hydrogens (tertiary/aromatic N) is 1. The Morgan fingerprint density at radius 1 is 1.29 bits per heavy atom. The van der Waals surface area contributed by atoms with Crippen LogP contribution < -0.4 is 0 Å². The quantitative estimate of drug-likeness (QED) is 0.790. The number of benzene rings is 1. The average molecular weight is 330 g/mol. The maximum Gasteiger partial charge on any atom is 0.243 e. The Kier molecular flexibility index (Phi) is 5.01. The SMILES string of the molecule is Cc1cc(CCl)cc(S(=O)(=O)N2CCCC(C)C2C)c1C. The number of alkyl halides is 1. The fourth-order valence-corrected chi connectivity index (χ4v) is 5.28. The van der Waals surface area contributed by atoms with Gasteiger partial charge in [-0.15, -0.1) is 11.6 Å². The lowest BCUT2D eigenvalue weighted by Gasteiger charge is -2.37. The fraction of sp³-hybridized carbons (Fsp3) is 0.625. The molecule has 1 aromatic rings. The predicted molar refractivity (Wildman–Crippen MR) is 87.2 cm³/mol. The van der Waals surface area contributed by atoms with E-state index in [9.17, 15) is 8.42 Å². The molecule has 1 aliphatic heterocycles. The van der Waals surface area contributed by atoms with Crippen molar-refractivity contribution in [3.63, 3.8) is 0 Å². The van der Waals surface area contributed by atoms with Crippen LogP contribution in [-0.4, -0.2) is 25.3 Å². The van der Waals surface area contributed by atoms with Crippen LogP contribution in [0, 0.1) is 19.8 Å². The van der Waals surface area contributed by atoms with Crippen LogP contribution in [0.5, 0.6) is 0 Å². The lowest BCUT2D eigenvalue weighted by atomic mass is 9.94. The number of aryl methyl sites for hydroxylation is 1. The molecule has 1 aliphatic rings. The molecule has 5 heteroatoms. The van der Waals surface area contributed by atoms with Gasteiger partial charge in [0.25, 0.3) is 0 Å². The molecule has 0 aliphatic carbocycles. The lowest BCUT2D eigenvalue weighted by Crippen LogP contribution is -2.46. The summed E-state index contributed by atoms with van der Waals surface area (Å²) in [6.45, 7) is 8.55. The van der Waals surface area contributed by atoms with Crippen LogP contribution >= 0.6 is 11.6 Å². The highest BCUT2D eigenvalue weighted by atomic mass is 35.5. The fourth-order valence-electron chi connectivity index (χ4n) is 3.01. The van der Waals surface area contributed by atoms with Crippen LogP contribution in [0.3, 0.4) is 0 Å². The highest BCUT2D eigenvalue weighted by molar-refractivity contribution is 7.89. The van der Waals surface area contributed by atoms with Gasteiger partial charge in [0.05, 0.1) is 4.90 Å². The Labute approximate surface area is 133 Å². The molecule has 0 N–H and O–H groups in total. The maximum atomic E-state index is 13.1. The van der Waals surface area contributed by atoms with E-state index in [0.717, 1.165) is 29.5 Å². The van der Waals surface area contributed by atoms with Crippen LogP contribution in [0.25, 0.3) is 0 Å². The van der Waals surface area contributed by atoms with E-state index in [1.54, 1.807) is 10.4 Å². The Morgan fingerprint density at radius 2 is 1.95 bits per heavy atom. The van der Waals surface area contributed by atoms with Crippen molar-refractivity contribution in [2.45, 2.75) is 57.4 Å². The summed E-state index contributed by atoms with van der Waals surface area (Å²) < 4.78 is 27.8. The van der Waals surface area contributed by atoms with Crippen LogP contribution in [0.4, 0.5) is 0 Å². The minimum atomic E-state index is -3.46. The van der Waals surface area contributed by atoms with E-state index in [-0.39, 0.29) is 6.04 Å². The second-order valence-corrected chi connectivity index (χ2v) is 8.27. The smallest absolute Gasteiger partial charge is 0.207 e. The van der Waals surface area contributed by atoms with Gasteiger partial charge >= 0.3 is 0 Å². The Hall–Kier alpha value is -0.580. The first-order valence-corrected chi connectivity index (χ1v) is 9.44. The largest absolute Gasteiger partial charge is 0.243 e. The first kappa shape index (κ1) is 16.8. The van der Waals surface area contributed by atoms with Gasteiger partial charge in [0.1, 0.15) is 0 Å². The summed E-state index contributed by atoms with van der Waals surface area (Å²) in [6, 6.07) is 3.74. The molecule has 2 atom stereocenters. The van der Waals surface area contributed by atoms with Crippen molar-refractivity contribution in [1.29, 1.82) is 0 Å². The van der Waals surface area contributed by atoms with Crippen molar-refractivity contribution in [2.24, 2.45) is 5.92 Å². The highest BCUT2D eigenvalue weighted by Gasteiger charge is 2.35. The van der Waals surface area contributed by atoms with Gasteiger partial charge in [-0.3, -0.25) is 0 Å². The summed E-state index contributed by atoms with van der Waals surface area (Å²) in [5, 5.41) is 0. The van der Waals surface area contributed by atoms with E-state index in [2.05, 4.69) is 6.92 Å². The van der Waals surface area contributed by atoms with Crippen molar-refractivity contribution in [1.82, 2.24) is 4.31 Å². The monoisotopic (exact) mass is 329 g/mol. The summed E-state index contributed by atoms with van der Waals surface area (Å²) in [6.07, 6.45) is 2.02. The van der Waals surface area contributed by atoms with E-state index < -0.39 is 10.0 Å². The second kappa shape index (κ2) is 6.27. The molecule has 3 nitrogen and oxygen atoms in total. The molecule has 0 amide bonds. The minimum absolute atomic E-state index is 0.0445. The molecular formula is C16H24ClNO2S. The second-order valence-electron chi connectivity index (χ2n) is 6.15. The van der Waals surface area contributed by atoms with E-state index in [0.29, 0.717) is 23.2 Å². The molecule has 0 aromatic heterocycles. The van der Waals surface area contributed by atoms with E-state index >= 15 is 0 Å². The van der Waals surface area contributed by atoms with Gasteiger partial charge in [-0.1, -0.05) is 13.0 Å². The highest BCUT2D eigenvalue weighted by Crippen LogP contribution is 2.31. The van der Waals surface area contributed by atoms with Gasteiger partial charge in [-0.25, -0.2) is 8.42 Å². The molecule has 2 rings (SSSR count). The third kappa shape index (κ3) is 3.13. The minimum Gasteiger partial charge on any atom is -0.207 e. The Balaban J connectivity index is 2.51. The van der Waals surface area contributed by atoms with Crippen molar-refractivity contribution < 1.29 is 8.42 Å². The zero-order valence-corrected chi connectivity index (χ0v) is 14.8. The first-order chi connectivity index (χ1) is 9.78. The van der Waals surface area contributed by atoms with Crippen LogP contribution in [-0.2, 0) is 15.9 Å².